The number of fused-ring (bicyclic) bond motifs is 1. The largest absolute Gasteiger partial charge is 0.359 e. The third kappa shape index (κ3) is 7.98. The number of benzene rings is 1. The Balaban J connectivity index is 0.000000307. The summed E-state index contributed by atoms with van der Waals surface area (Å²) in [7, 11) is 3.58. The highest BCUT2D eigenvalue weighted by Crippen LogP contribution is 2.26. The number of carbonyl (C=O) groups is 3. The van der Waals surface area contributed by atoms with Gasteiger partial charge in [0.05, 0.1) is 11.9 Å². The Kier molecular flexibility index (Phi) is 11.3. The molecule has 0 spiro atoms. The van der Waals surface area contributed by atoms with E-state index in [-0.39, 0.29) is 17.9 Å². The molecule has 1 unspecified atom stereocenters. The van der Waals surface area contributed by atoms with E-state index in [1.807, 2.05) is 32.2 Å². The average Bonchev–Trinajstić information content (AvgIpc) is 3.29. The third-order valence-corrected chi connectivity index (χ3v) is 7.46. The van der Waals surface area contributed by atoms with E-state index in [2.05, 4.69) is 75.2 Å². The number of hydrogen-bond donors (Lipinski definition) is 4. The highest BCUT2D eigenvalue weighted by Gasteiger charge is 2.40. The van der Waals surface area contributed by atoms with Crippen LogP contribution in [-0.2, 0) is 22.6 Å². The van der Waals surface area contributed by atoms with Crippen molar-refractivity contribution in [2.45, 2.75) is 51.2 Å². The minimum atomic E-state index is -0.726. The number of imide groups is 1. The Morgan fingerprint density at radius 1 is 1.21 bits per heavy atom. The second-order valence-corrected chi connectivity index (χ2v) is 10.3. The number of nitrogens with zero attached hydrogens (tertiary/aromatic N) is 3. The van der Waals surface area contributed by atoms with E-state index in [9.17, 15) is 14.4 Å². The van der Waals surface area contributed by atoms with Crippen LogP contribution in [0.1, 0.15) is 53.7 Å². The molecule has 1 fully saturated rings. The lowest BCUT2D eigenvalue weighted by Gasteiger charge is -2.40. The topological polar surface area (TPSA) is 119 Å². The standard InChI is InChI=1S/C21H28N6O2.C11H13NO/c1-5-23-17(3)26-16(2)6-7-18-8-9-19(24-14-18)27-12-10-21(22-4,11-13-27)20(29)25-15-28;1-3-8-4-5-9-7-12(2)11(13)10(9)6-8/h5,8-9,14-16,22-23,26H,1,3,10-13H2,2,4H3,(H,25,28,29);4-6H,3,7H2,1-2H3. The number of nitrogens with one attached hydrogen (secondary N) is 4. The van der Waals surface area contributed by atoms with Crippen molar-refractivity contribution in [3.05, 3.63) is 84.0 Å². The van der Waals surface area contributed by atoms with Crippen LogP contribution >= 0.6 is 0 Å². The molecule has 1 atom stereocenters. The molecule has 2 aliphatic rings. The Morgan fingerprint density at radius 2 is 1.95 bits per heavy atom. The van der Waals surface area contributed by atoms with Gasteiger partial charge in [0.1, 0.15) is 11.4 Å². The first kappa shape index (κ1) is 31.9. The van der Waals surface area contributed by atoms with Crippen LogP contribution in [-0.4, -0.2) is 66.9 Å². The van der Waals surface area contributed by atoms with Gasteiger partial charge in [-0.05, 0) is 68.8 Å². The summed E-state index contributed by atoms with van der Waals surface area (Å²) < 4.78 is 0. The van der Waals surface area contributed by atoms with E-state index in [1.165, 1.54) is 5.56 Å². The fraction of sp³-hybridized carbons (Fsp3) is 0.375. The number of rotatable bonds is 9. The van der Waals surface area contributed by atoms with Crippen LogP contribution in [0.3, 0.4) is 0 Å². The summed E-state index contributed by atoms with van der Waals surface area (Å²) in [6.45, 7) is 13.5. The van der Waals surface area contributed by atoms with Crippen molar-refractivity contribution in [2.75, 3.05) is 32.1 Å². The van der Waals surface area contributed by atoms with E-state index in [0.29, 0.717) is 38.2 Å². The van der Waals surface area contributed by atoms with Gasteiger partial charge in [-0.15, -0.1) is 0 Å². The molecule has 3 heterocycles. The molecule has 0 bridgehead atoms. The van der Waals surface area contributed by atoms with Gasteiger partial charge in [-0.3, -0.25) is 19.7 Å². The van der Waals surface area contributed by atoms with Gasteiger partial charge in [-0.1, -0.05) is 44.1 Å². The van der Waals surface area contributed by atoms with Gasteiger partial charge in [0, 0.05) is 44.0 Å². The van der Waals surface area contributed by atoms with E-state index in [1.54, 1.807) is 24.3 Å². The molecule has 0 radical (unpaired) electrons. The molecular weight excluding hydrogens is 530 g/mol. The molecule has 4 rings (SSSR count). The number of likely N-dealkylation sites (N-methyl/N-ethyl adjacent to an activating group) is 1. The van der Waals surface area contributed by atoms with Gasteiger partial charge < -0.3 is 25.8 Å². The van der Waals surface area contributed by atoms with Crippen molar-refractivity contribution in [1.29, 1.82) is 0 Å². The summed E-state index contributed by atoms with van der Waals surface area (Å²) in [5, 5.41) is 11.3. The van der Waals surface area contributed by atoms with Crippen molar-refractivity contribution in [2.24, 2.45) is 0 Å². The van der Waals surface area contributed by atoms with Crippen LogP contribution in [0.2, 0.25) is 0 Å². The zero-order chi connectivity index (χ0) is 30.7. The quantitative estimate of drug-likeness (QED) is 0.268. The number of piperidine rings is 1. The molecule has 10 heteroatoms. The number of anilines is 1. The number of amides is 3. The number of aryl methyl sites for hydroxylation is 1. The molecule has 222 valence electrons. The maximum absolute atomic E-state index is 12.2. The van der Waals surface area contributed by atoms with Gasteiger partial charge in [0.2, 0.25) is 12.3 Å². The smallest absolute Gasteiger partial charge is 0.254 e. The lowest BCUT2D eigenvalue weighted by atomic mass is 9.86. The zero-order valence-electron chi connectivity index (χ0n) is 24.9. The highest BCUT2D eigenvalue weighted by molar-refractivity contribution is 5.98. The predicted octanol–water partition coefficient (Wildman–Crippen LogP) is 2.28. The molecule has 0 aliphatic carbocycles. The van der Waals surface area contributed by atoms with Gasteiger partial charge in [-0.2, -0.15) is 0 Å². The minimum Gasteiger partial charge on any atom is -0.359 e. The van der Waals surface area contributed by atoms with E-state index < -0.39 is 5.54 Å². The molecule has 0 saturated carbocycles. The lowest BCUT2D eigenvalue weighted by molar-refractivity contribution is -0.131. The van der Waals surface area contributed by atoms with Crippen molar-refractivity contribution in [3.8, 4) is 11.8 Å². The maximum Gasteiger partial charge on any atom is 0.254 e. The van der Waals surface area contributed by atoms with Gasteiger partial charge in [-0.25, -0.2) is 4.98 Å². The van der Waals surface area contributed by atoms with Crippen molar-refractivity contribution >= 4 is 24.0 Å². The van der Waals surface area contributed by atoms with E-state index in [0.717, 1.165) is 35.5 Å². The molecular formula is C32H41N7O3. The van der Waals surface area contributed by atoms with E-state index >= 15 is 0 Å². The highest BCUT2D eigenvalue weighted by atomic mass is 16.2. The second kappa shape index (κ2) is 14.8. The number of hydrogen-bond acceptors (Lipinski definition) is 8. The van der Waals surface area contributed by atoms with Crippen molar-refractivity contribution in [3.63, 3.8) is 0 Å². The first-order chi connectivity index (χ1) is 20.2. The third-order valence-electron chi connectivity index (χ3n) is 7.46. The molecule has 4 N–H and O–H groups in total. The first-order valence-corrected chi connectivity index (χ1v) is 14.0. The van der Waals surface area contributed by atoms with Crippen LogP contribution in [0.4, 0.5) is 5.82 Å². The molecule has 42 heavy (non-hydrogen) atoms. The molecule has 2 aromatic rings. The normalized spacial score (nSPS) is 15.6. The average molecular weight is 572 g/mol. The molecule has 1 aromatic heterocycles. The second-order valence-electron chi connectivity index (χ2n) is 10.3. The van der Waals surface area contributed by atoms with Crippen LogP contribution < -0.4 is 26.2 Å². The Hall–Kier alpha value is -4.62. The number of aromatic nitrogens is 1. The van der Waals surface area contributed by atoms with Gasteiger partial charge >= 0.3 is 0 Å². The number of carbonyl (C=O) groups excluding carboxylic acids is 3. The van der Waals surface area contributed by atoms with Gasteiger partial charge in [0.15, 0.2) is 0 Å². The summed E-state index contributed by atoms with van der Waals surface area (Å²) in [6, 6.07) is 9.96. The summed E-state index contributed by atoms with van der Waals surface area (Å²) in [5.74, 6) is 7.53. The minimum absolute atomic E-state index is 0.0797. The van der Waals surface area contributed by atoms with Crippen LogP contribution in [0, 0.1) is 11.8 Å². The molecule has 1 aromatic carbocycles. The van der Waals surface area contributed by atoms with Crippen molar-refractivity contribution in [1.82, 2.24) is 31.2 Å². The summed E-state index contributed by atoms with van der Waals surface area (Å²) in [6.07, 6.45) is 5.87. The zero-order valence-corrected chi connectivity index (χ0v) is 24.9. The molecule has 1 saturated heterocycles. The van der Waals surface area contributed by atoms with Crippen LogP contribution in [0.25, 0.3) is 0 Å². The summed E-state index contributed by atoms with van der Waals surface area (Å²) in [5.41, 5.74) is 3.38. The van der Waals surface area contributed by atoms with Crippen LogP contribution in [0.15, 0.2) is 61.7 Å². The Morgan fingerprint density at radius 3 is 2.55 bits per heavy atom. The van der Waals surface area contributed by atoms with Crippen molar-refractivity contribution < 1.29 is 14.4 Å². The summed E-state index contributed by atoms with van der Waals surface area (Å²) in [4.78, 5) is 42.8. The van der Waals surface area contributed by atoms with E-state index in [4.69, 9.17) is 0 Å². The first-order valence-electron chi connectivity index (χ1n) is 14.0. The predicted molar refractivity (Wildman–Crippen MR) is 165 cm³/mol. The SMILES string of the molecule is C=CNC(=C)NC(C)C#Cc1ccc(N2CCC(NC)(C(=O)NC=O)CC2)nc1.CCc1ccc2c(c1)C(=O)N(C)C2. The fourth-order valence-corrected chi connectivity index (χ4v) is 4.91. The molecule has 3 amide bonds. The number of pyridine rings is 1. The summed E-state index contributed by atoms with van der Waals surface area (Å²) >= 11 is 0. The van der Waals surface area contributed by atoms with Gasteiger partial charge in [0.25, 0.3) is 5.91 Å². The monoisotopic (exact) mass is 571 g/mol. The maximum atomic E-state index is 12.2. The fourth-order valence-electron chi connectivity index (χ4n) is 4.91. The van der Waals surface area contributed by atoms with Crippen LogP contribution in [0.5, 0.6) is 0 Å². The molecule has 10 nitrogen and oxygen atoms in total. The Labute approximate surface area is 248 Å². The lowest BCUT2D eigenvalue weighted by Crippen LogP contribution is -2.60. The Bertz CT molecular complexity index is 1350. The molecule has 2 aliphatic heterocycles.